The number of ether oxygens (including phenoxy) is 2. The molecule has 0 saturated carbocycles. The lowest BCUT2D eigenvalue weighted by molar-refractivity contribution is -0.152. The van der Waals surface area contributed by atoms with Gasteiger partial charge in [0.1, 0.15) is 19.3 Å². The smallest absolute Gasteiger partial charge is 0.305 e. The van der Waals surface area contributed by atoms with Crippen LogP contribution in [0.1, 0.15) is 181 Å². The normalized spacial score (nSPS) is 12.8. The summed E-state index contributed by atoms with van der Waals surface area (Å²) in [7, 11) is 0. The average Bonchev–Trinajstić information content (AvgIpc) is 3.09. The second-order valence-corrected chi connectivity index (χ2v) is 13.0. The zero-order chi connectivity index (χ0) is 35.0. The number of esters is 2. The van der Waals surface area contributed by atoms with Crippen LogP contribution in [-0.2, 0) is 19.1 Å². The van der Waals surface area contributed by atoms with Gasteiger partial charge >= 0.3 is 11.9 Å². The molecule has 276 valence electrons. The van der Waals surface area contributed by atoms with Crippen molar-refractivity contribution in [2.75, 3.05) is 13.2 Å². The van der Waals surface area contributed by atoms with Crippen molar-refractivity contribution in [2.45, 2.75) is 187 Å². The van der Waals surface area contributed by atoms with Gasteiger partial charge in [0.15, 0.2) is 0 Å². The Labute approximate surface area is 296 Å². The lowest BCUT2D eigenvalue weighted by Gasteiger charge is -2.12. The Kier molecular flexibility index (Phi) is 37.1. The summed E-state index contributed by atoms with van der Waals surface area (Å²) in [6.07, 6.45) is 49.8. The third-order valence-corrected chi connectivity index (χ3v) is 8.23. The first-order valence-electron chi connectivity index (χ1n) is 19.8. The zero-order valence-corrected chi connectivity index (χ0v) is 31.2. The lowest BCUT2D eigenvalue weighted by Crippen LogP contribution is -2.25. The van der Waals surface area contributed by atoms with Gasteiger partial charge in [0.05, 0.1) is 0 Å². The molecule has 0 heterocycles. The molecule has 5 nitrogen and oxygen atoms in total. The maximum Gasteiger partial charge on any atom is 0.305 e. The van der Waals surface area contributed by atoms with E-state index in [0.29, 0.717) is 12.8 Å². The van der Waals surface area contributed by atoms with Gasteiger partial charge in [0, 0.05) is 12.8 Å². The Bertz CT molecular complexity index is 853. The van der Waals surface area contributed by atoms with Gasteiger partial charge in [-0.05, 0) is 83.5 Å². The third-order valence-electron chi connectivity index (χ3n) is 8.23. The highest BCUT2D eigenvalue weighted by Crippen LogP contribution is 2.11. The summed E-state index contributed by atoms with van der Waals surface area (Å²) < 4.78 is 10.3. The number of hydrogen-bond acceptors (Lipinski definition) is 5. The number of aliphatic hydroxyl groups is 1. The number of hydrogen-bond donors (Lipinski definition) is 1. The number of rotatable bonds is 35. The molecule has 0 fully saturated rings. The number of unbranched alkanes of at least 4 members (excludes halogenated alkanes) is 17. The van der Waals surface area contributed by atoms with E-state index in [1.165, 1.54) is 83.5 Å². The van der Waals surface area contributed by atoms with Crippen molar-refractivity contribution in [1.82, 2.24) is 0 Å². The van der Waals surface area contributed by atoms with E-state index in [1.54, 1.807) is 0 Å². The number of carbonyl (C=O) groups excluding carboxylic acids is 2. The van der Waals surface area contributed by atoms with Gasteiger partial charge in [-0.1, -0.05) is 145 Å². The van der Waals surface area contributed by atoms with Gasteiger partial charge < -0.3 is 14.6 Å². The van der Waals surface area contributed by atoms with E-state index in [1.807, 2.05) is 0 Å². The molecule has 0 unspecified atom stereocenters. The van der Waals surface area contributed by atoms with Gasteiger partial charge in [-0.15, -0.1) is 0 Å². The van der Waals surface area contributed by atoms with Crippen LogP contribution in [0, 0.1) is 0 Å². The summed E-state index contributed by atoms with van der Waals surface area (Å²) in [5.41, 5.74) is 0. The molecule has 1 atom stereocenters. The number of allylic oxidation sites excluding steroid dienone is 10. The van der Waals surface area contributed by atoms with Crippen molar-refractivity contribution < 1.29 is 24.2 Å². The second-order valence-electron chi connectivity index (χ2n) is 13.0. The van der Waals surface area contributed by atoms with Crippen LogP contribution in [0.15, 0.2) is 60.8 Å². The van der Waals surface area contributed by atoms with E-state index in [-0.39, 0.29) is 25.2 Å². The molecule has 1 N–H and O–H groups in total. The molecule has 0 aliphatic rings. The molecule has 0 aliphatic carbocycles. The highest BCUT2D eigenvalue weighted by molar-refractivity contribution is 5.69. The van der Waals surface area contributed by atoms with Gasteiger partial charge in [-0.25, -0.2) is 0 Å². The van der Waals surface area contributed by atoms with E-state index in [9.17, 15) is 14.7 Å². The molecule has 0 spiro atoms. The van der Waals surface area contributed by atoms with Gasteiger partial charge in [-0.3, -0.25) is 9.59 Å². The fourth-order valence-electron chi connectivity index (χ4n) is 5.18. The maximum atomic E-state index is 12.0. The molecule has 5 heteroatoms. The summed E-state index contributed by atoms with van der Waals surface area (Å²) in [4.78, 5) is 23.9. The van der Waals surface area contributed by atoms with Crippen molar-refractivity contribution in [1.29, 1.82) is 0 Å². The Balaban J connectivity index is 3.54. The highest BCUT2D eigenvalue weighted by Gasteiger charge is 2.12. The van der Waals surface area contributed by atoms with Crippen LogP contribution in [0.2, 0.25) is 0 Å². The molecule has 0 bridgehead atoms. The fraction of sp³-hybridized carbons (Fsp3) is 0.721. The summed E-state index contributed by atoms with van der Waals surface area (Å²) in [5, 5.41) is 10.0. The van der Waals surface area contributed by atoms with E-state index >= 15 is 0 Å². The quantitative estimate of drug-likeness (QED) is 0.0413. The van der Waals surface area contributed by atoms with Crippen LogP contribution < -0.4 is 0 Å². The molecule has 0 rings (SSSR count). The summed E-state index contributed by atoms with van der Waals surface area (Å²) in [6.45, 7) is 4.22. The molecule has 0 saturated heterocycles. The van der Waals surface area contributed by atoms with Crippen LogP contribution in [-0.4, -0.2) is 36.4 Å². The van der Waals surface area contributed by atoms with E-state index in [2.05, 4.69) is 74.6 Å². The minimum atomic E-state index is -0.982. The number of carbonyl (C=O) groups is 2. The first-order valence-corrected chi connectivity index (χ1v) is 19.8. The highest BCUT2D eigenvalue weighted by atomic mass is 16.6. The standard InChI is InChI=1S/C43H74O5/c1-3-5-7-9-11-13-15-17-19-20-21-22-24-26-28-30-32-34-36-38-43(46)48-40-41(44)39-47-42(45)37-35-33-31-29-27-25-23-18-16-14-12-10-8-6-4-2/h11,13,17-19,21-23,26,28,41,44H,3-10,12,14-16,20,24-25,27,29-40H2,1-2H3/b13-11-,19-17-,22-21-,23-18-,28-26-/t41-/m1/s1. The zero-order valence-electron chi connectivity index (χ0n) is 31.2. The Morgan fingerprint density at radius 3 is 1.17 bits per heavy atom. The van der Waals surface area contributed by atoms with Gasteiger partial charge in [-0.2, -0.15) is 0 Å². The van der Waals surface area contributed by atoms with Gasteiger partial charge in [0.25, 0.3) is 0 Å². The first kappa shape index (κ1) is 45.6. The molecule has 0 radical (unpaired) electrons. The third kappa shape index (κ3) is 38.1. The van der Waals surface area contributed by atoms with Crippen molar-refractivity contribution in [3.63, 3.8) is 0 Å². The topological polar surface area (TPSA) is 72.8 Å². The maximum absolute atomic E-state index is 12.0. The fourth-order valence-corrected chi connectivity index (χ4v) is 5.18. The summed E-state index contributed by atoms with van der Waals surface area (Å²) >= 11 is 0. The molecule has 0 aliphatic heterocycles. The Morgan fingerprint density at radius 1 is 0.438 bits per heavy atom. The molecule has 0 amide bonds. The molecular formula is C43H74O5. The van der Waals surface area contributed by atoms with Crippen molar-refractivity contribution >= 4 is 11.9 Å². The number of aliphatic hydroxyl groups excluding tert-OH is 1. The van der Waals surface area contributed by atoms with Crippen LogP contribution in [0.5, 0.6) is 0 Å². The average molecular weight is 671 g/mol. The largest absolute Gasteiger partial charge is 0.463 e. The lowest BCUT2D eigenvalue weighted by atomic mass is 10.1. The van der Waals surface area contributed by atoms with Crippen LogP contribution in [0.3, 0.4) is 0 Å². The molecular weight excluding hydrogens is 596 g/mol. The van der Waals surface area contributed by atoms with Crippen molar-refractivity contribution in [3.05, 3.63) is 60.8 Å². The minimum Gasteiger partial charge on any atom is -0.463 e. The van der Waals surface area contributed by atoms with E-state index < -0.39 is 6.10 Å². The molecule has 0 aromatic heterocycles. The predicted octanol–water partition coefficient (Wildman–Crippen LogP) is 12.4. The molecule has 48 heavy (non-hydrogen) atoms. The van der Waals surface area contributed by atoms with Crippen LogP contribution >= 0.6 is 0 Å². The summed E-state index contributed by atoms with van der Waals surface area (Å²) in [6, 6.07) is 0. The van der Waals surface area contributed by atoms with Gasteiger partial charge in [0.2, 0.25) is 0 Å². The van der Waals surface area contributed by atoms with Crippen LogP contribution in [0.4, 0.5) is 0 Å². The Hall–Kier alpha value is -2.40. The Morgan fingerprint density at radius 2 is 0.729 bits per heavy atom. The van der Waals surface area contributed by atoms with E-state index in [0.717, 1.165) is 70.6 Å². The predicted molar refractivity (Wildman–Crippen MR) is 205 cm³/mol. The van der Waals surface area contributed by atoms with Crippen LogP contribution in [0.25, 0.3) is 0 Å². The van der Waals surface area contributed by atoms with Crippen molar-refractivity contribution in [3.8, 4) is 0 Å². The monoisotopic (exact) mass is 671 g/mol. The molecule has 0 aromatic rings. The second kappa shape index (κ2) is 39.0. The van der Waals surface area contributed by atoms with E-state index in [4.69, 9.17) is 9.47 Å². The van der Waals surface area contributed by atoms with Crippen molar-refractivity contribution in [2.24, 2.45) is 0 Å². The minimum absolute atomic E-state index is 0.133. The SMILES string of the molecule is CCCCC/C=C\C/C=C\C/C=C\C/C=C\CCCCCC(=O)OC[C@H](O)COC(=O)CCCCCCC/C=C\CCCCCCCC. The first-order chi connectivity index (χ1) is 23.6. The summed E-state index contributed by atoms with van der Waals surface area (Å²) in [5.74, 6) is -0.612. The molecule has 0 aromatic carbocycles.